The lowest BCUT2D eigenvalue weighted by Gasteiger charge is -2.33. The van der Waals surface area contributed by atoms with Crippen molar-refractivity contribution in [1.29, 1.82) is 0 Å². The molecule has 2 aliphatic rings. The van der Waals surface area contributed by atoms with E-state index >= 15 is 0 Å². The highest BCUT2D eigenvalue weighted by molar-refractivity contribution is 5.87. The van der Waals surface area contributed by atoms with Gasteiger partial charge in [-0.15, -0.1) is 0 Å². The maximum absolute atomic E-state index is 12.0. The fourth-order valence-electron chi connectivity index (χ4n) is 6.13. The number of rotatable bonds is 6. The molecule has 10 nitrogen and oxygen atoms in total. The fourth-order valence-corrected chi connectivity index (χ4v) is 6.13. The molecule has 10 heteroatoms. The lowest BCUT2D eigenvalue weighted by atomic mass is 10.0. The monoisotopic (exact) mass is 545 g/mol. The molecule has 4 aromatic heterocycles. The molecule has 206 valence electrons. The number of aryl methyl sites for hydroxylation is 1. The minimum Gasteiger partial charge on any atom is -0.383 e. The average molecular weight is 546 g/mol. The van der Waals surface area contributed by atoms with Crippen molar-refractivity contribution in [3.8, 4) is 22.8 Å². The van der Waals surface area contributed by atoms with Gasteiger partial charge in [0.25, 0.3) is 0 Å². The predicted octanol–water partition coefficient (Wildman–Crippen LogP) is 4.00. The van der Waals surface area contributed by atoms with Crippen LogP contribution in [-0.4, -0.2) is 59.2 Å². The number of likely N-dealkylation sites (tertiary alicyclic amines) is 1. The van der Waals surface area contributed by atoms with Gasteiger partial charge in [0.2, 0.25) is 5.91 Å². The normalized spacial score (nSPS) is 17.2. The first-order chi connectivity index (χ1) is 20.1. The number of aromatic nitrogens is 6. The Morgan fingerprint density at radius 3 is 2.71 bits per heavy atom. The van der Waals surface area contributed by atoms with Crippen molar-refractivity contribution in [3.63, 3.8) is 0 Å². The van der Waals surface area contributed by atoms with Crippen LogP contribution < -0.4 is 11.1 Å². The first-order valence-corrected chi connectivity index (χ1v) is 14.0. The Balaban J connectivity index is 1.22. The summed E-state index contributed by atoms with van der Waals surface area (Å²) in [4.78, 5) is 28.0. The number of hydrogen-bond donors (Lipinski definition) is 2. The van der Waals surface area contributed by atoms with Gasteiger partial charge in [-0.3, -0.25) is 9.36 Å². The zero-order chi connectivity index (χ0) is 27.9. The Bertz CT molecular complexity index is 1750. The first kappa shape index (κ1) is 25.2. The summed E-state index contributed by atoms with van der Waals surface area (Å²) in [6.45, 7) is 5.15. The van der Waals surface area contributed by atoms with E-state index in [1.165, 1.54) is 17.2 Å². The number of nitrogen functional groups attached to an aromatic ring is 1. The van der Waals surface area contributed by atoms with Gasteiger partial charge in [-0.25, -0.2) is 19.6 Å². The zero-order valence-corrected chi connectivity index (χ0v) is 22.6. The van der Waals surface area contributed by atoms with E-state index in [0.717, 1.165) is 66.9 Å². The highest BCUT2D eigenvalue weighted by Crippen LogP contribution is 2.36. The average Bonchev–Trinajstić information content (AvgIpc) is 3.76. The minimum atomic E-state index is 0.0220. The third-order valence-electron chi connectivity index (χ3n) is 8.21. The van der Waals surface area contributed by atoms with E-state index in [0.29, 0.717) is 23.7 Å². The topological polar surface area (TPSA) is 120 Å². The number of anilines is 1. The van der Waals surface area contributed by atoms with Crippen LogP contribution in [-0.2, 0) is 11.2 Å². The quantitative estimate of drug-likeness (QED) is 0.310. The Hall–Kier alpha value is -4.83. The lowest BCUT2D eigenvalue weighted by Crippen LogP contribution is -2.45. The molecular weight excluding hydrogens is 514 g/mol. The maximum Gasteiger partial charge on any atom is 0.245 e. The number of nitrogens with one attached hydrogen (secondary N) is 1. The summed E-state index contributed by atoms with van der Waals surface area (Å²) < 4.78 is 3.84. The van der Waals surface area contributed by atoms with Crippen molar-refractivity contribution in [1.82, 2.24) is 39.5 Å². The number of piperidine rings is 1. The number of amides is 1. The molecule has 0 bridgehead atoms. The molecule has 3 N–H and O–H groups in total. The van der Waals surface area contributed by atoms with Gasteiger partial charge in [-0.1, -0.05) is 12.6 Å². The van der Waals surface area contributed by atoms with Crippen LogP contribution >= 0.6 is 0 Å². The number of nitrogens with zero attached hydrogens (tertiary/aromatic N) is 7. The van der Waals surface area contributed by atoms with Gasteiger partial charge < -0.3 is 16.0 Å². The van der Waals surface area contributed by atoms with Crippen LogP contribution in [0.1, 0.15) is 36.4 Å². The Labute approximate surface area is 237 Å². The van der Waals surface area contributed by atoms with E-state index in [9.17, 15) is 4.79 Å². The standard InChI is InChI=1S/C31H31N9O/c1-2-28(41)38-15-10-21(11-16-38)36-26-9-6-20-17-22(7-8-24(20)26)40-30(25-5-3-12-33-29(25)32)37-27-18-23(19-34-31(27)40)39-14-4-13-35-39/h2-5,7-8,12-14,17-19,21,26,36H,1,6,9-11,15-16H2,(H2,32,33)/t26-/m0/s1. The van der Waals surface area contributed by atoms with Gasteiger partial charge in [0, 0.05) is 49.5 Å². The van der Waals surface area contributed by atoms with Gasteiger partial charge >= 0.3 is 0 Å². The summed E-state index contributed by atoms with van der Waals surface area (Å²) in [5, 5.41) is 8.21. The molecule has 7 rings (SSSR count). The summed E-state index contributed by atoms with van der Waals surface area (Å²) in [7, 11) is 0. The second-order valence-electron chi connectivity index (χ2n) is 10.6. The molecule has 1 amide bonds. The number of imidazole rings is 1. The minimum absolute atomic E-state index is 0.0220. The number of benzene rings is 1. The van der Waals surface area contributed by atoms with E-state index in [4.69, 9.17) is 15.7 Å². The van der Waals surface area contributed by atoms with Crippen molar-refractivity contribution in [2.24, 2.45) is 0 Å². The van der Waals surface area contributed by atoms with Crippen LogP contribution in [0.2, 0.25) is 0 Å². The number of fused-ring (bicyclic) bond motifs is 2. The van der Waals surface area contributed by atoms with Crippen molar-refractivity contribution < 1.29 is 4.79 Å². The largest absolute Gasteiger partial charge is 0.383 e. The van der Waals surface area contributed by atoms with Crippen molar-refractivity contribution in [2.75, 3.05) is 18.8 Å². The van der Waals surface area contributed by atoms with Crippen molar-refractivity contribution in [3.05, 3.63) is 91.0 Å². The molecule has 1 aliphatic carbocycles. The number of pyridine rings is 2. The third kappa shape index (κ3) is 4.55. The molecule has 0 saturated carbocycles. The molecule has 5 aromatic rings. The van der Waals surface area contributed by atoms with Crippen LogP contribution in [0, 0.1) is 0 Å². The predicted molar refractivity (Wildman–Crippen MR) is 158 cm³/mol. The molecule has 1 aromatic carbocycles. The molecule has 1 fully saturated rings. The van der Waals surface area contributed by atoms with Gasteiger partial charge in [0.05, 0.1) is 17.4 Å². The second kappa shape index (κ2) is 10.3. The molecule has 0 radical (unpaired) electrons. The van der Waals surface area contributed by atoms with Crippen LogP contribution in [0.15, 0.2) is 79.9 Å². The number of hydrogen-bond acceptors (Lipinski definition) is 7. The highest BCUT2D eigenvalue weighted by atomic mass is 16.2. The molecule has 1 saturated heterocycles. The summed E-state index contributed by atoms with van der Waals surface area (Å²) in [6, 6.07) is 15.0. The summed E-state index contributed by atoms with van der Waals surface area (Å²) in [5.74, 6) is 1.14. The van der Waals surface area contributed by atoms with Gasteiger partial charge in [0.1, 0.15) is 11.3 Å². The van der Waals surface area contributed by atoms with Gasteiger partial charge in [-0.2, -0.15) is 5.10 Å². The molecule has 1 atom stereocenters. The van der Waals surface area contributed by atoms with Crippen molar-refractivity contribution >= 4 is 22.9 Å². The Morgan fingerprint density at radius 2 is 1.93 bits per heavy atom. The van der Waals surface area contributed by atoms with Crippen LogP contribution in [0.5, 0.6) is 0 Å². The van der Waals surface area contributed by atoms with E-state index in [1.807, 2.05) is 41.6 Å². The van der Waals surface area contributed by atoms with Crippen LogP contribution in [0.3, 0.4) is 0 Å². The molecule has 5 heterocycles. The van der Waals surface area contributed by atoms with E-state index in [2.05, 4.69) is 44.7 Å². The number of carbonyl (C=O) groups is 1. The molecule has 41 heavy (non-hydrogen) atoms. The fraction of sp³-hybridized carbons (Fsp3) is 0.258. The van der Waals surface area contributed by atoms with Crippen LogP contribution in [0.4, 0.5) is 5.82 Å². The van der Waals surface area contributed by atoms with E-state index in [-0.39, 0.29) is 5.91 Å². The summed E-state index contributed by atoms with van der Waals surface area (Å²) >= 11 is 0. The van der Waals surface area contributed by atoms with E-state index in [1.54, 1.807) is 17.1 Å². The smallest absolute Gasteiger partial charge is 0.245 e. The third-order valence-corrected chi connectivity index (χ3v) is 8.21. The summed E-state index contributed by atoms with van der Waals surface area (Å²) in [6.07, 6.45) is 12.5. The zero-order valence-electron chi connectivity index (χ0n) is 22.6. The van der Waals surface area contributed by atoms with E-state index < -0.39 is 0 Å². The first-order valence-electron chi connectivity index (χ1n) is 14.0. The molecule has 0 spiro atoms. The highest BCUT2D eigenvalue weighted by Gasteiger charge is 2.29. The molecular formula is C31H31N9O. The maximum atomic E-state index is 12.0. The lowest BCUT2D eigenvalue weighted by molar-refractivity contribution is -0.127. The summed E-state index contributed by atoms with van der Waals surface area (Å²) in [5.41, 5.74) is 13.0. The molecule has 1 aliphatic heterocycles. The van der Waals surface area contributed by atoms with Crippen molar-refractivity contribution in [2.45, 2.75) is 37.8 Å². The Kier molecular flexibility index (Phi) is 6.31. The number of carbonyl (C=O) groups excluding carboxylic acids is 1. The second-order valence-corrected chi connectivity index (χ2v) is 10.6. The Morgan fingerprint density at radius 1 is 1.05 bits per heavy atom. The SMILES string of the molecule is C=CC(=O)N1CCC(N[C@H]2CCc3cc(-n4c(-c5cccnc5N)nc5cc(-n6cccn6)cnc54)ccc32)CC1. The van der Waals surface area contributed by atoms with Crippen LogP contribution in [0.25, 0.3) is 33.9 Å². The van der Waals surface area contributed by atoms with Gasteiger partial charge in [-0.05, 0) is 79.3 Å². The van der Waals surface area contributed by atoms with Gasteiger partial charge in [0.15, 0.2) is 11.5 Å². The molecule has 0 unspecified atom stereocenters. The number of nitrogens with two attached hydrogens (primary N) is 1.